The van der Waals surface area contributed by atoms with Gasteiger partial charge in [-0.15, -0.1) is 0 Å². The standard InChI is InChI=1S/C12H13NO/c1-12(2)7-9-5-3-4-6-10(9)11(8-14)13-12/h3-6,8H,7H2,1-2H3. The Labute approximate surface area is 83.7 Å². The zero-order valence-corrected chi connectivity index (χ0v) is 8.45. The maximum atomic E-state index is 10.9. The summed E-state index contributed by atoms with van der Waals surface area (Å²) in [6.07, 6.45) is 1.75. The van der Waals surface area contributed by atoms with Crippen LogP contribution in [0.25, 0.3) is 0 Å². The van der Waals surface area contributed by atoms with Gasteiger partial charge in [-0.3, -0.25) is 9.79 Å². The number of fused-ring (bicyclic) bond motifs is 1. The van der Waals surface area contributed by atoms with E-state index in [9.17, 15) is 4.79 Å². The van der Waals surface area contributed by atoms with E-state index in [1.54, 1.807) is 0 Å². The molecule has 1 aliphatic heterocycles. The molecule has 2 rings (SSSR count). The Kier molecular flexibility index (Phi) is 1.99. The molecule has 0 bridgehead atoms. The SMILES string of the molecule is CC1(C)Cc2ccccc2C(C=O)=N1. The van der Waals surface area contributed by atoms with Gasteiger partial charge in [0.2, 0.25) is 0 Å². The maximum Gasteiger partial charge on any atom is 0.168 e. The van der Waals surface area contributed by atoms with Crippen molar-refractivity contribution in [3.63, 3.8) is 0 Å². The van der Waals surface area contributed by atoms with E-state index in [0.29, 0.717) is 5.71 Å². The minimum Gasteiger partial charge on any atom is -0.296 e. The molecule has 0 radical (unpaired) electrons. The van der Waals surface area contributed by atoms with E-state index in [1.807, 2.05) is 32.0 Å². The number of hydrogen-bond donors (Lipinski definition) is 0. The Bertz CT molecular complexity index is 405. The number of carbonyl (C=O) groups is 1. The van der Waals surface area contributed by atoms with Gasteiger partial charge >= 0.3 is 0 Å². The lowest BCUT2D eigenvalue weighted by Gasteiger charge is -2.27. The van der Waals surface area contributed by atoms with Gasteiger partial charge in [-0.1, -0.05) is 24.3 Å². The zero-order valence-electron chi connectivity index (χ0n) is 8.45. The molecule has 2 heteroatoms. The fraction of sp³-hybridized carbons (Fsp3) is 0.333. The van der Waals surface area contributed by atoms with Crippen molar-refractivity contribution < 1.29 is 4.79 Å². The summed E-state index contributed by atoms with van der Waals surface area (Å²) in [6.45, 7) is 4.10. The van der Waals surface area contributed by atoms with Crippen molar-refractivity contribution in [3.05, 3.63) is 35.4 Å². The molecule has 0 saturated carbocycles. The number of nitrogens with zero attached hydrogens (tertiary/aromatic N) is 1. The summed E-state index contributed by atoms with van der Waals surface area (Å²) >= 11 is 0. The van der Waals surface area contributed by atoms with E-state index in [2.05, 4.69) is 11.1 Å². The molecule has 0 saturated heterocycles. The highest BCUT2D eigenvalue weighted by molar-refractivity contribution is 6.37. The summed E-state index contributed by atoms with van der Waals surface area (Å²) in [5.74, 6) is 0. The molecule has 1 heterocycles. The highest BCUT2D eigenvalue weighted by atomic mass is 16.1. The van der Waals surface area contributed by atoms with E-state index in [-0.39, 0.29) is 5.54 Å². The number of aldehydes is 1. The molecular formula is C12H13NO. The highest BCUT2D eigenvalue weighted by Crippen LogP contribution is 2.25. The molecule has 0 spiro atoms. The monoisotopic (exact) mass is 187 g/mol. The zero-order chi connectivity index (χ0) is 10.2. The van der Waals surface area contributed by atoms with Gasteiger partial charge in [0.25, 0.3) is 0 Å². The summed E-state index contributed by atoms with van der Waals surface area (Å²) in [6, 6.07) is 7.96. The maximum absolute atomic E-state index is 10.9. The second kappa shape index (κ2) is 3.05. The lowest BCUT2D eigenvalue weighted by molar-refractivity contribution is -0.102. The van der Waals surface area contributed by atoms with Crippen LogP contribution in [0.4, 0.5) is 0 Å². The smallest absolute Gasteiger partial charge is 0.168 e. The molecular weight excluding hydrogens is 174 g/mol. The fourth-order valence-electron chi connectivity index (χ4n) is 1.91. The van der Waals surface area contributed by atoms with Crippen LogP contribution in [0.3, 0.4) is 0 Å². The topological polar surface area (TPSA) is 29.4 Å². The highest BCUT2D eigenvalue weighted by Gasteiger charge is 2.25. The van der Waals surface area contributed by atoms with Crippen LogP contribution in [-0.2, 0) is 11.2 Å². The molecule has 0 aromatic heterocycles. The van der Waals surface area contributed by atoms with E-state index in [4.69, 9.17) is 0 Å². The first-order valence-electron chi connectivity index (χ1n) is 4.76. The van der Waals surface area contributed by atoms with Gasteiger partial charge in [-0.2, -0.15) is 0 Å². The van der Waals surface area contributed by atoms with Crippen molar-refractivity contribution in [2.75, 3.05) is 0 Å². The lowest BCUT2D eigenvalue weighted by Crippen LogP contribution is -2.29. The molecule has 1 aliphatic rings. The summed E-state index contributed by atoms with van der Waals surface area (Å²) in [5, 5.41) is 0. The minimum atomic E-state index is -0.148. The van der Waals surface area contributed by atoms with Crippen LogP contribution < -0.4 is 0 Å². The molecule has 0 N–H and O–H groups in total. The van der Waals surface area contributed by atoms with Crippen molar-refractivity contribution in [1.82, 2.24) is 0 Å². The van der Waals surface area contributed by atoms with Gasteiger partial charge in [0.1, 0.15) is 5.71 Å². The van der Waals surface area contributed by atoms with Crippen LogP contribution in [0.5, 0.6) is 0 Å². The second-order valence-electron chi connectivity index (χ2n) is 4.26. The Balaban J connectivity index is 2.59. The van der Waals surface area contributed by atoms with E-state index in [0.717, 1.165) is 18.3 Å². The lowest BCUT2D eigenvalue weighted by atomic mass is 9.87. The van der Waals surface area contributed by atoms with E-state index in [1.165, 1.54) is 5.56 Å². The third-order valence-corrected chi connectivity index (χ3v) is 2.45. The van der Waals surface area contributed by atoms with E-state index >= 15 is 0 Å². The average Bonchev–Trinajstić information content (AvgIpc) is 2.15. The number of aliphatic imine (C=N–C) groups is 1. The van der Waals surface area contributed by atoms with Crippen LogP contribution in [0, 0.1) is 0 Å². The fourth-order valence-corrected chi connectivity index (χ4v) is 1.91. The predicted molar refractivity (Wildman–Crippen MR) is 56.8 cm³/mol. The molecule has 1 aromatic carbocycles. The van der Waals surface area contributed by atoms with Gasteiger partial charge in [0, 0.05) is 5.56 Å². The summed E-state index contributed by atoms with van der Waals surface area (Å²) < 4.78 is 0. The number of hydrogen-bond acceptors (Lipinski definition) is 2. The van der Waals surface area contributed by atoms with Gasteiger partial charge in [-0.25, -0.2) is 0 Å². The number of carbonyl (C=O) groups excluding carboxylic acids is 1. The largest absolute Gasteiger partial charge is 0.296 e. The van der Waals surface area contributed by atoms with Crippen molar-refractivity contribution in [2.45, 2.75) is 25.8 Å². The van der Waals surface area contributed by atoms with Gasteiger partial charge < -0.3 is 0 Å². The van der Waals surface area contributed by atoms with Crippen LogP contribution in [-0.4, -0.2) is 17.5 Å². The van der Waals surface area contributed by atoms with Gasteiger partial charge in [-0.05, 0) is 25.8 Å². The van der Waals surface area contributed by atoms with E-state index < -0.39 is 0 Å². The van der Waals surface area contributed by atoms with Crippen molar-refractivity contribution >= 4 is 12.0 Å². The molecule has 0 aliphatic carbocycles. The summed E-state index contributed by atoms with van der Waals surface area (Å²) in [4.78, 5) is 15.3. The second-order valence-corrected chi connectivity index (χ2v) is 4.26. The number of benzene rings is 1. The molecule has 2 nitrogen and oxygen atoms in total. The quantitative estimate of drug-likeness (QED) is 0.618. The van der Waals surface area contributed by atoms with Gasteiger partial charge in [0.15, 0.2) is 6.29 Å². The Morgan fingerprint density at radius 2 is 2.07 bits per heavy atom. The average molecular weight is 187 g/mol. The molecule has 14 heavy (non-hydrogen) atoms. The van der Waals surface area contributed by atoms with Gasteiger partial charge in [0.05, 0.1) is 5.54 Å². The van der Waals surface area contributed by atoms with Crippen molar-refractivity contribution in [2.24, 2.45) is 4.99 Å². The molecule has 72 valence electrons. The molecule has 0 unspecified atom stereocenters. The van der Waals surface area contributed by atoms with Crippen LogP contribution >= 0.6 is 0 Å². The minimum absolute atomic E-state index is 0.148. The molecule has 0 amide bonds. The molecule has 0 atom stereocenters. The third-order valence-electron chi connectivity index (χ3n) is 2.45. The first-order chi connectivity index (χ1) is 6.62. The first-order valence-corrected chi connectivity index (χ1v) is 4.76. The van der Waals surface area contributed by atoms with Crippen LogP contribution in [0.2, 0.25) is 0 Å². The third kappa shape index (κ3) is 1.48. The normalized spacial score (nSPS) is 18.3. The van der Waals surface area contributed by atoms with Crippen LogP contribution in [0.1, 0.15) is 25.0 Å². The Morgan fingerprint density at radius 1 is 1.36 bits per heavy atom. The van der Waals surface area contributed by atoms with Crippen molar-refractivity contribution in [3.8, 4) is 0 Å². The molecule has 1 aromatic rings. The Hall–Kier alpha value is -1.44. The van der Waals surface area contributed by atoms with Crippen LogP contribution in [0.15, 0.2) is 29.3 Å². The summed E-state index contributed by atoms with van der Waals surface area (Å²) in [7, 11) is 0. The summed E-state index contributed by atoms with van der Waals surface area (Å²) in [5.41, 5.74) is 2.64. The first kappa shape index (κ1) is 9.13. The predicted octanol–water partition coefficient (Wildman–Crippen LogP) is 2.01. The Morgan fingerprint density at radius 3 is 2.79 bits per heavy atom. The van der Waals surface area contributed by atoms with Crippen molar-refractivity contribution in [1.29, 1.82) is 0 Å². The number of rotatable bonds is 1. The molecule has 0 fully saturated rings.